The quantitative estimate of drug-likeness (QED) is 0.855. The maximum atomic E-state index is 10.6. The molecule has 0 bridgehead atoms. The van der Waals surface area contributed by atoms with Gasteiger partial charge in [-0.25, -0.2) is 0 Å². The summed E-state index contributed by atoms with van der Waals surface area (Å²) in [5.41, 5.74) is -0.720. The average Bonchev–Trinajstić information content (AvgIpc) is 2.39. The van der Waals surface area contributed by atoms with Gasteiger partial charge in [-0.15, -0.1) is 0 Å². The molecular formula is C16H25NO3. The molecule has 1 aromatic rings. The van der Waals surface area contributed by atoms with E-state index in [1.54, 1.807) is 0 Å². The predicted molar refractivity (Wildman–Crippen MR) is 78.5 cm³/mol. The highest BCUT2D eigenvalue weighted by molar-refractivity contribution is 5.21. The molecule has 1 atom stereocenters. The summed E-state index contributed by atoms with van der Waals surface area (Å²) >= 11 is 0. The normalized spacial score (nSPS) is 21.6. The van der Waals surface area contributed by atoms with Gasteiger partial charge in [0.1, 0.15) is 0 Å². The first kappa shape index (κ1) is 15.4. The van der Waals surface area contributed by atoms with Gasteiger partial charge >= 0.3 is 0 Å². The number of ether oxygens (including phenoxy) is 1. The van der Waals surface area contributed by atoms with Crippen LogP contribution in [0.3, 0.4) is 0 Å². The summed E-state index contributed by atoms with van der Waals surface area (Å²) in [6.45, 7) is 4.07. The molecule has 20 heavy (non-hydrogen) atoms. The van der Waals surface area contributed by atoms with Gasteiger partial charge in [0.2, 0.25) is 0 Å². The summed E-state index contributed by atoms with van der Waals surface area (Å²) < 4.78 is 5.29. The Bertz CT molecular complexity index is 413. The molecule has 1 fully saturated rings. The van der Waals surface area contributed by atoms with Gasteiger partial charge in [0.05, 0.1) is 11.2 Å². The van der Waals surface area contributed by atoms with Gasteiger partial charge in [-0.05, 0) is 19.5 Å². The van der Waals surface area contributed by atoms with E-state index in [0.29, 0.717) is 39.1 Å². The number of rotatable bonds is 5. The van der Waals surface area contributed by atoms with Crippen LogP contribution in [0.4, 0.5) is 0 Å². The second kappa shape index (κ2) is 6.22. The molecule has 4 heteroatoms. The first-order chi connectivity index (χ1) is 9.41. The van der Waals surface area contributed by atoms with E-state index in [0.717, 1.165) is 5.56 Å². The van der Waals surface area contributed by atoms with Gasteiger partial charge < -0.3 is 19.8 Å². The maximum absolute atomic E-state index is 10.6. The lowest BCUT2D eigenvalue weighted by atomic mass is 9.92. The van der Waals surface area contributed by atoms with Crippen molar-refractivity contribution in [3.05, 3.63) is 35.9 Å². The molecule has 0 spiro atoms. The van der Waals surface area contributed by atoms with Crippen molar-refractivity contribution in [1.29, 1.82) is 0 Å². The number of benzene rings is 1. The zero-order valence-electron chi connectivity index (χ0n) is 12.4. The third-order valence-electron chi connectivity index (χ3n) is 3.96. The smallest absolute Gasteiger partial charge is 0.0994 e. The molecule has 1 aliphatic heterocycles. The zero-order valence-corrected chi connectivity index (χ0v) is 12.4. The molecule has 1 aliphatic rings. The third-order valence-corrected chi connectivity index (χ3v) is 3.96. The van der Waals surface area contributed by atoms with E-state index < -0.39 is 11.2 Å². The number of hydrogen-bond acceptors (Lipinski definition) is 4. The van der Waals surface area contributed by atoms with Crippen LogP contribution in [0.25, 0.3) is 0 Å². The van der Waals surface area contributed by atoms with E-state index in [9.17, 15) is 10.2 Å². The number of aliphatic hydroxyl groups is 2. The highest BCUT2D eigenvalue weighted by atomic mass is 16.5. The van der Waals surface area contributed by atoms with E-state index in [1.807, 2.05) is 49.2 Å². The molecule has 4 nitrogen and oxygen atoms in total. The molecular weight excluding hydrogens is 254 g/mol. The van der Waals surface area contributed by atoms with Crippen molar-refractivity contribution in [2.24, 2.45) is 0 Å². The first-order valence-corrected chi connectivity index (χ1v) is 7.18. The van der Waals surface area contributed by atoms with Crippen molar-refractivity contribution in [3.63, 3.8) is 0 Å². The molecule has 0 radical (unpaired) electrons. The lowest BCUT2D eigenvalue weighted by molar-refractivity contribution is -0.0854. The van der Waals surface area contributed by atoms with Gasteiger partial charge in [-0.1, -0.05) is 30.3 Å². The van der Waals surface area contributed by atoms with E-state index >= 15 is 0 Å². The number of likely N-dealkylation sites (N-methyl/N-ethyl adjacent to an activating group) is 1. The molecule has 2 N–H and O–H groups in total. The van der Waals surface area contributed by atoms with Gasteiger partial charge in [-0.2, -0.15) is 0 Å². The van der Waals surface area contributed by atoms with Crippen LogP contribution in [0.1, 0.15) is 25.3 Å². The number of nitrogens with zero attached hydrogens (tertiary/aromatic N) is 1. The molecule has 0 aliphatic carbocycles. The van der Waals surface area contributed by atoms with E-state index in [1.165, 1.54) is 0 Å². The van der Waals surface area contributed by atoms with E-state index in [-0.39, 0.29) is 0 Å². The summed E-state index contributed by atoms with van der Waals surface area (Å²) in [5, 5.41) is 21.1. The molecule has 2 rings (SSSR count). The zero-order chi connectivity index (χ0) is 14.6. The lowest BCUT2D eigenvalue weighted by Crippen LogP contribution is -2.48. The molecule has 1 aromatic carbocycles. The summed E-state index contributed by atoms with van der Waals surface area (Å²) in [4.78, 5) is 2.00. The van der Waals surface area contributed by atoms with Gasteiger partial charge in [0, 0.05) is 39.1 Å². The Hall–Kier alpha value is -0.940. The maximum Gasteiger partial charge on any atom is 0.0994 e. The standard InChI is InChI=1S/C16H25NO3/c1-15(18,14-6-4-3-5-7-14)12-17(2)13-16(19)8-10-20-11-9-16/h3-7,18-19H,8-13H2,1-2H3. The molecule has 0 aromatic heterocycles. The Morgan fingerprint density at radius 3 is 2.45 bits per heavy atom. The Morgan fingerprint density at radius 1 is 1.25 bits per heavy atom. The molecule has 1 heterocycles. The summed E-state index contributed by atoms with van der Waals surface area (Å²) in [7, 11) is 1.94. The van der Waals surface area contributed by atoms with Gasteiger partial charge in [-0.3, -0.25) is 0 Å². The lowest BCUT2D eigenvalue weighted by Gasteiger charge is -2.38. The highest BCUT2D eigenvalue weighted by Gasteiger charge is 2.33. The Morgan fingerprint density at radius 2 is 1.85 bits per heavy atom. The largest absolute Gasteiger partial charge is 0.388 e. The second-order valence-electron chi connectivity index (χ2n) is 6.15. The van der Waals surface area contributed by atoms with Gasteiger partial charge in [0.15, 0.2) is 0 Å². The minimum absolute atomic E-state index is 0.486. The van der Waals surface area contributed by atoms with Crippen LogP contribution in [-0.4, -0.2) is 54.1 Å². The third kappa shape index (κ3) is 4.03. The van der Waals surface area contributed by atoms with Crippen LogP contribution in [0.15, 0.2) is 30.3 Å². The topological polar surface area (TPSA) is 52.9 Å². The van der Waals surface area contributed by atoms with Crippen LogP contribution in [0.5, 0.6) is 0 Å². The van der Waals surface area contributed by atoms with Crippen LogP contribution < -0.4 is 0 Å². The summed E-state index contributed by atoms with van der Waals surface area (Å²) in [5.74, 6) is 0. The minimum Gasteiger partial charge on any atom is -0.388 e. The fourth-order valence-electron chi connectivity index (χ4n) is 2.88. The molecule has 0 saturated carbocycles. The van der Waals surface area contributed by atoms with Crippen LogP contribution in [0, 0.1) is 0 Å². The first-order valence-electron chi connectivity index (χ1n) is 7.18. The number of hydrogen-bond donors (Lipinski definition) is 2. The molecule has 112 valence electrons. The highest BCUT2D eigenvalue weighted by Crippen LogP contribution is 2.25. The molecule has 1 saturated heterocycles. The van der Waals surface area contributed by atoms with Crippen molar-refractivity contribution in [2.45, 2.75) is 31.0 Å². The minimum atomic E-state index is -0.919. The Kier molecular flexibility index (Phi) is 4.81. The van der Waals surface area contributed by atoms with Crippen LogP contribution >= 0.6 is 0 Å². The van der Waals surface area contributed by atoms with Crippen molar-refractivity contribution < 1.29 is 14.9 Å². The molecule has 0 amide bonds. The monoisotopic (exact) mass is 279 g/mol. The Labute approximate surface area is 121 Å². The fraction of sp³-hybridized carbons (Fsp3) is 0.625. The van der Waals surface area contributed by atoms with Crippen molar-refractivity contribution >= 4 is 0 Å². The predicted octanol–water partition coefficient (Wildman–Crippen LogP) is 1.37. The van der Waals surface area contributed by atoms with E-state index in [4.69, 9.17) is 4.74 Å². The van der Waals surface area contributed by atoms with Crippen molar-refractivity contribution in [2.75, 3.05) is 33.4 Å². The van der Waals surface area contributed by atoms with E-state index in [2.05, 4.69) is 0 Å². The second-order valence-corrected chi connectivity index (χ2v) is 6.15. The summed E-state index contributed by atoms with van der Waals surface area (Å²) in [6.07, 6.45) is 1.32. The van der Waals surface area contributed by atoms with Crippen LogP contribution in [-0.2, 0) is 10.3 Å². The SMILES string of the molecule is CN(CC1(O)CCOCC1)CC(C)(O)c1ccccc1. The molecule has 1 unspecified atom stereocenters. The van der Waals surface area contributed by atoms with Crippen LogP contribution in [0.2, 0.25) is 0 Å². The Balaban J connectivity index is 1.95. The fourth-order valence-corrected chi connectivity index (χ4v) is 2.88. The summed E-state index contributed by atoms with van der Waals surface area (Å²) in [6, 6.07) is 9.65. The van der Waals surface area contributed by atoms with Gasteiger partial charge in [0.25, 0.3) is 0 Å². The van der Waals surface area contributed by atoms with Crippen molar-refractivity contribution in [1.82, 2.24) is 4.90 Å². The van der Waals surface area contributed by atoms with Crippen molar-refractivity contribution in [3.8, 4) is 0 Å². The average molecular weight is 279 g/mol.